The van der Waals surface area contributed by atoms with E-state index in [0.29, 0.717) is 6.04 Å². The number of hydrogen-bond acceptors (Lipinski definition) is 2. The summed E-state index contributed by atoms with van der Waals surface area (Å²) in [7, 11) is 0. The van der Waals surface area contributed by atoms with Crippen LogP contribution in [0.1, 0.15) is 50.9 Å². The predicted octanol–water partition coefficient (Wildman–Crippen LogP) is 2.26. The average Bonchev–Trinajstić information content (AvgIpc) is 2.59. The van der Waals surface area contributed by atoms with Gasteiger partial charge in [-0.3, -0.25) is 0 Å². The molecule has 0 spiro atoms. The van der Waals surface area contributed by atoms with Gasteiger partial charge >= 0.3 is 0 Å². The Morgan fingerprint density at radius 1 is 1.64 bits per heavy atom. The fourth-order valence-electron chi connectivity index (χ4n) is 2.20. The molecular weight excluding hydrogens is 174 g/mol. The van der Waals surface area contributed by atoms with Crippen LogP contribution in [0, 0.1) is 5.92 Å². The van der Waals surface area contributed by atoms with Gasteiger partial charge in [0.15, 0.2) is 0 Å². The third-order valence-electron chi connectivity index (χ3n) is 3.26. The molecule has 0 amide bonds. The lowest BCUT2D eigenvalue weighted by Gasteiger charge is -2.35. The highest BCUT2D eigenvalue weighted by Crippen LogP contribution is 2.38. The molecule has 2 rings (SSSR count). The zero-order valence-corrected chi connectivity index (χ0v) is 8.98. The zero-order chi connectivity index (χ0) is 10.1. The van der Waals surface area contributed by atoms with Crippen LogP contribution in [0.5, 0.6) is 0 Å². The quantitative estimate of drug-likeness (QED) is 0.800. The Hall–Kier alpha value is -0.830. The summed E-state index contributed by atoms with van der Waals surface area (Å²) in [6.45, 7) is 4.41. The standard InChI is InChI=1S/C11H19N3/c1-3-10(12)11-6-13-7-14(11)9-4-8(2)5-9/h6-10H,3-5,12H2,1-2H3/t8?,9?,10-/m1/s1. The third-order valence-corrected chi connectivity index (χ3v) is 3.26. The molecule has 1 saturated carbocycles. The Labute approximate surface area is 85.3 Å². The Morgan fingerprint density at radius 2 is 2.36 bits per heavy atom. The second-order valence-electron chi connectivity index (χ2n) is 4.47. The molecule has 3 nitrogen and oxygen atoms in total. The molecule has 3 heteroatoms. The van der Waals surface area contributed by atoms with Gasteiger partial charge in [0.1, 0.15) is 0 Å². The van der Waals surface area contributed by atoms with Gasteiger partial charge in [-0.1, -0.05) is 13.8 Å². The van der Waals surface area contributed by atoms with Crippen molar-refractivity contribution in [3.8, 4) is 0 Å². The topological polar surface area (TPSA) is 43.8 Å². The summed E-state index contributed by atoms with van der Waals surface area (Å²) in [5.41, 5.74) is 7.23. The number of imidazole rings is 1. The van der Waals surface area contributed by atoms with Crippen molar-refractivity contribution in [2.75, 3.05) is 0 Å². The summed E-state index contributed by atoms with van der Waals surface area (Å²) in [6, 6.07) is 0.800. The number of hydrogen-bond donors (Lipinski definition) is 1. The molecule has 14 heavy (non-hydrogen) atoms. The van der Waals surface area contributed by atoms with Crippen LogP contribution in [-0.4, -0.2) is 9.55 Å². The lowest BCUT2D eigenvalue weighted by Crippen LogP contribution is -2.27. The number of aromatic nitrogens is 2. The molecule has 1 heterocycles. The fraction of sp³-hybridized carbons (Fsp3) is 0.727. The minimum Gasteiger partial charge on any atom is -0.330 e. The molecule has 0 radical (unpaired) electrons. The Morgan fingerprint density at radius 3 is 2.93 bits per heavy atom. The second kappa shape index (κ2) is 3.73. The van der Waals surface area contributed by atoms with E-state index in [-0.39, 0.29) is 6.04 Å². The minimum absolute atomic E-state index is 0.147. The summed E-state index contributed by atoms with van der Waals surface area (Å²) in [5, 5.41) is 0. The molecule has 0 aliphatic heterocycles. The molecule has 78 valence electrons. The van der Waals surface area contributed by atoms with E-state index in [1.54, 1.807) is 0 Å². The molecule has 1 atom stereocenters. The van der Waals surface area contributed by atoms with Crippen molar-refractivity contribution in [2.24, 2.45) is 11.7 Å². The molecular formula is C11H19N3. The number of nitrogens with zero attached hydrogens (tertiary/aromatic N) is 2. The summed E-state index contributed by atoms with van der Waals surface area (Å²) in [6.07, 6.45) is 7.38. The first-order chi connectivity index (χ1) is 6.72. The van der Waals surface area contributed by atoms with Crippen LogP contribution in [-0.2, 0) is 0 Å². The first-order valence-electron chi connectivity index (χ1n) is 5.49. The monoisotopic (exact) mass is 193 g/mol. The molecule has 0 bridgehead atoms. The van der Waals surface area contributed by atoms with Crippen LogP contribution in [0.4, 0.5) is 0 Å². The van der Waals surface area contributed by atoms with Crippen molar-refractivity contribution >= 4 is 0 Å². The van der Waals surface area contributed by atoms with Gasteiger partial charge in [-0.25, -0.2) is 4.98 Å². The van der Waals surface area contributed by atoms with Crippen LogP contribution in [0.25, 0.3) is 0 Å². The van der Waals surface area contributed by atoms with Crippen LogP contribution in [0.2, 0.25) is 0 Å². The number of rotatable bonds is 3. The molecule has 0 aromatic carbocycles. The average molecular weight is 193 g/mol. The Kier molecular flexibility index (Phi) is 2.59. The molecule has 1 fully saturated rings. The van der Waals surface area contributed by atoms with Crippen molar-refractivity contribution in [3.63, 3.8) is 0 Å². The lowest BCUT2D eigenvalue weighted by molar-refractivity contribution is 0.210. The highest BCUT2D eigenvalue weighted by Gasteiger charge is 2.28. The maximum absolute atomic E-state index is 6.03. The third kappa shape index (κ3) is 1.57. The van der Waals surface area contributed by atoms with E-state index in [4.69, 9.17) is 5.73 Å². The van der Waals surface area contributed by atoms with Crippen LogP contribution in [0.15, 0.2) is 12.5 Å². The van der Waals surface area contributed by atoms with E-state index >= 15 is 0 Å². The predicted molar refractivity (Wildman–Crippen MR) is 56.9 cm³/mol. The van der Waals surface area contributed by atoms with Gasteiger partial charge in [0.2, 0.25) is 0 Å². The first kappa shape index (κ1) is 9.71. The normalized spacial score (nSPS) is 28.5. The smallest absolute Gasteiger partial charge is 0.0951 e. The maximum Gasteiger partial charge on any atom is 0.0951 e. The molecule has 0 saturated heterocycles. The molecule has 2 N–H and O–H groups in total. The molecule has 1 aliphatic carbocycles. The van der Waals surface area contributed by atoms with Gasteiger partial charge in [0.05, 0.1) is 12.0 Å². The molecule has 1 aromatic rings. The van der Waals surface area contributed by atoms with Gasteiger partial charge in [-0.2, -0.15) is 0 Å². The van der Waals surface area contributed by atoms with E-state index < -0.39 is 0 Å². The van der Waals surface area contributed by atoms with Gasteiger partial charge in [0.25, 0.3) is 0 Å². The molecule has 1 aliphatic rings. The Bertz CT molecular complexity index is 299. The zero-order valence-electron chi connectivity index (χ0n) is 8.98. The van der Waals surface area contributed by atoms with E-state index in [0.717, 1.165) is 12.3 Å². The lowest BCUT2D eigenvalue weighted by atomic mass is 9.81. The molecule has 0 unspecified atom stereocenters. The van der Waals surface area contributed by atoms with Crippen LogP contribution < -0.4 is 5.73 Å². The van der Waals surface area contributed by atoms with Crippen LogP contribution >= 0.6 is 0 Å². The van der Waals surface area contributed by atoms with E-state index in [1.165, 1.54) is 18.5 Å². The van der Waals surface area contributed by atoms with Crippen molar-refractivity contribution in [1.29, 1.82) is 0 Å². The van der Waals surface area contributed by atoms with E-state index in [9.17, 15) is 0 Å². The summed E-state index contributed by atoms with van der Waals surface area (Å²) >= 11 is 0. The first-order valence-corrected chi connectivity index (χ1v) is 5.49. The van der Waals surface area contributed by atoms with Crippen molar-refractivity contribution < 1.29 is 0 Å². The largest absolute Gasteiger partial charge is 0.330 e. The Balaban J connectivity index is 2.13. The summed E-state index contributed by atoms with van der Waals surface area (Å²) in [4.78, 5) is 4.20. The van der Waals surface area contributed by atoms with Gasteiger partial charge < -0.3 is 10.3 Å². The van der Waals surface area contributed by atoms with Gasteiger partial charge in [-0.15, -0.1) is 0 Å². The summed E-state index contributed by atoms with van der Waals surface area (Å²) in [5.74, 6) is 0.869. The SMILES string of the molecule is CC[C@@H](N)c1cncn1C1CC(C)C1. The second-order valence-corrected chi connectivity index (χ2v) is 4.47. The highest BCUT2D eigenvalue weighted by molar-refractivity contribution is 5.07. The van der Waals surface area contributed by atoms with Gasteiger partial charge in [0, 0.05) is 18.3 Å². The van der Waals surface area contributed by atoms with Crippen molar-refractivity contribution in [2.45, 2.75) is 45.2 Å². The fourth-order valence-corrected chi connectivity index (χ4v) is 2.20. The maximum atomic E-state index is 6.03. The highest BCUT2D eigenvalue weighted by atomic mass is 15.1. The van der Waals surface area contributed by atoms with Crippen molar-refractivity contribution in [3.05, 3.63) is 18.2 Å². The van der Waals surface area contributed by atoms with E-state index in [1.807, 2.05) is 12.5 Å². The van der Waals surface area contributed by atoms with Crippen LogP contribution in [0.3, 0.4) is 0 Å². The summed E-state index contributed by atoms with van der Waals surface area (Å²) < 4.78 is 2.27. The minimum atomic E-state index is 0.147. The van der Waals surface area contributed by atoms with Crippen molar-refractivity contribution in [1.82, 2.24) is 9.55 Å². The number of nitrogens with two attached hydrogens (primary N) is 1. The van der Waals surface area contributed by atoms with Gasteiger partial charge in [-0.05, 0) is 25.2 Å². The molecule has 1 aromatic heterocycles. The van der Waals surface area contributed by atoms with E-state index in [2.05, 4.69) is 23.4 Å².